The smallest absolute Gasteiger partial charge is 0.410 e. The number of likely N-dealkylation sites (N-methyl/N-ethyl adjacent to an activating group) is 1. The van der Waals surface area contributed by atoms with Gasteiger partial charge in [-0.1, -0.05) is 35.9 Å². The Labute approximate surface area is 277 Å². The van der Waals surface area contributed by atoms with Gasteiger partial charge in [-0.2, -0.15) is 9.97 Å². The lowest BCUT2D eigenvalue weighted by Gasteiger charge is -2.31. The highest BCUT2D eigenvalue weighted by Gasteiger charge is 2.45. The lowest BCUT2D eigenvalue weighted by atomic mass is 9.95. The topological polar surface area (TPSA) is 83.9 Å². The van der Waals surface area contributed by atoms with E-state index in [1.54, 1.807) is 35.4 Å². The van der Waals surface area contributed by atoms with Crippen molar-refractivity contribution in [1.29, 1.82) is 0 Å². The van der Waals surface area contributed by atoms with Crippen LogP contribution in [0.4, 0.5) is 19.4 Å². The number of fused-ring (bicyclic) bond motifs is 3. The van der Waals surface area contributed by atoms with Gasteiger partial charge in [0.2, 0.25) is 0 Å². The highest BCUT2D eigenvalue weighted by Crippen LogP contribution is 2.41. The summed E-state index contributed by atoms with van der Waals surface area (Å²) < 4.78 is 43.3. The molecule has 1 amide bonds. The normalized spacial score (nSPS) is 19.5. The second kappa shape index (κ2) is 12.0. The van der Waals surface area contributed by atoms with E-state index in [4.69, 9.17) is 26.1 Å². The van der Waals surface area contributed by atoms with Crippen LogP contribution in [-0.2, 0) is 4.74 Å². The minimum atomic E-state index is -0.680. The molecule has 3 fully saturated rings. The van der Waals surface area contributed by atoms with Gasteiger partial charge in [0.05, 0.1) is 15.9 Å². The highest BCUT2D eigenvalue weighted by atomic mass is 35.5. The van der Waals surface area contributed by atoms with Crippen molar-refractivity contribution in [2.75, 3.05) is 44.7 Å². The summed E-state index contributed by atoms with van der Waals surface area (Å²) in [6, 6.07) is 8.09. The Hall–Kier alpha value is -3.83. The molecule has 5 heterocycles. The van der Waals surface area contributed by atoms with Gasteiger partial charge in [-0.25, -0.2) is 13.6 Å². The van der Waals surface area contributed by atoms with Gasteiger partial charge in [0.25, 0.3) is 0 Å². The predicted octanol–water partition coefficient (Wildman–Crippen LogP) is 7.23. The van der Waals surface area contributed by atoms with E-state index in [2.05, 4.69) is 14.9 Å². The molecule has 0 saturated carbocycles. The minimum Gasteiger partial charge on any atom is -0.461 e. The largest absolute Gasteiger partial charge is 0.461 e. The van der Waals surface area contributed by atoms with Crippen molar-refractivity contribution in [3.05, 3.63) is 53.2 Å². The summed E-state index contributed by atoms with van der Waals surface area (Å²) in [6.45, 7) is 8.96. The zero-order chi connectivity index (χ0) is 33.1. The van der Waals surface area contributed by atoms with Gasteiger partial charge < -0.3 is 19.3 Å². The van der Waals surface area contributed by atoms with Crippen LogP contribution in [0.5, 0.6) is 6.01 Å². The lowest BCUT2D eigenvalue weighted by Crippen LogP contribution is -2.43. The predicted molar refractivity (Wildman–Crippen MR) is 178 cm³/mol. The van der Waals surface area contributed by atoms with E-state index in [9.17, 15) is 9.18 Å². The molecule has 47 heavy (non-hydrogen) atoms. The van der Waals surface area contributed by atoms with Crippen molar-refractivity contribution >= 4 is 45.2 Å². The molecule has 1 unspecified atom stereocenters. The number of carbonyl (C=O) groups excluding carboxylic acids is 1. The number of ether oxygens (including phenoxy) is 2. The number of likely N-dealkylation sites (tertiary alicyclic amines) is 1. The fourth-order valence-electron chi connectivity index (χ4n) is 7.43. The van der Waals surface area contributed by atoms with Gasteiger partial charge in [0.1, 0.15) is 35.1 Å². The number of hydrogen-bond acceptors (Lipinski definition) is 8. The molecule has 1 atom stereocenters. The molecular weight excluding hydrogens is 626 g/mol. The average Bonchev–Trinajstić information content (AvgIpc) is 3.77. The molecule has 4 aromatic rings. The zero-order valence-electron chi connectivity index (χ0n) is 27.2. The maximum atomic E-state index is 16.8. The molecule has 248 valence electrons. The fourth-order valence-corrected chi connectivity index (χ4v) is 7.71. The second-order valence-electron chi connectivity index (χ2n) is 14.0. The van der Waals surface area contributed by atoms with E-state index in [1.807, 2.05) is 32.7 Å². The van der Waals surface area contributed by atoms with Gasteiger partial charge in [0.15, 0.2) is 5.82 Å². The van der Waals surface area contributed by atoms with Crippen LogP contribution in [0.15, 0.2) is 36.5 Å². The first-order valence-corrected chi connectivity index (χ1v) is 16.6. The minimum absolute atomic E-state index is 0.00201. The van der Waals surface area contributed by atoms with Crippen LogP contribution in [0, 0.1) is 11.6 Å². The number of pyridine rings is 1. The molecule has 3 aliphatic rings. The average molecular weight is 665 g/mol. The maximum Gasteiger partial charge on any atom is 0.410 e. The fraction of sp³-hybridized carbons (Fsp3) is 0.486. The summed E-state index contributed by atoms with van der Waals surface area (Å²) in [5, 5.41) is 1.34. The monoisotopic (exact) mass is 664 g/mol. The number of aromatic nitrogens is 3. The number of benzene rings is 2. The number of anilines is 1. The third-order valence-electron chi connectivity index (χ3n) is 9.81. The number of nitrogens with zero attached hydrogens (tertiary/aromatic N) is 6. The van der Waals surface area contributed by atoms with Crippen LogP contribution in [0.25, 0.3) is 32.9 Å². The molecule has 0 radical (unpaired) electrons. The van der Waals surface area contributed by atoms with Gasteiger partial charge in [-0.15, -0.1) is 0 Å². The van der Waals surface area contributed by atoms with Crippen LogP contribution in [-0.4, -0.2) is 87.9 Å². The van der Waals surface area contributed by atoms with Gasteiger partial charge >= 0.3 is 12.1 Å². The van der Waals surface area contributed by atoms with E-state index in [-0.39, 0.29) is 39.9 Å². The molecule has 3 aliphatic heterocycles. The molecule has 0 aliphatic carbocycles. The first kappa shape index (κ1) is 31.8. The quantitative estimate of drug-likeness (QED) is 0.214. The van der Waals surface area contributed by atoms with Crippen molar-refractivity contribution in [3.63, 3.8) is 0 Å². The Morgan fingerprint density at radius 3 is 2.62 bits per heavy atom. The summed E-state index contributed by atoms with van der Waals surface area (Å²) in [7, 11) is 1.88. The third-order valence-corrected chi connectivity index (χ3v) is 10.2. The molecule has 12 heteroatoms. The van der Waals surface area contributed by atoms with E-state index in [1.165, 1.54) is 6.07 Å². The number of rotatable bonds is 6. The van der Waals surface area contributed by atoms with Crippen LogP contribution in [0.2, 0.25) is 5.02 Å². The Balaban J connectivity index is 1.29. The van der Waals surface area contributed by atoms with E-state index in [0.29, 0.717) is 53.7 Å². The molecule has 0 spiro atoms. The van der Waals surface area contributed by atoms with Crippen LogP contribution < -0.4 is 9.64 Å². The summed E-state index contributed by atoms with van der Waals surface area (Å²) in [5.74, 6) is -0.826. The molecule has 0 bridgehead atoms. The first-order valence-electron chi connectivity index (χ1n) is 16.3. The van der Waals surface area contributed by atoms with Gasteiger partial charge in [0, 0.05) is 43.3 Å². The molecule has 9 nitrogen and oxygen atoms in total. The first-order chi connectivity index (χ1) is 22.4. The van der Waals surface area contributed by atoms with Crippen LogP contribution in [0.1, 0.15) is 52.9 Å². The molecule has 2 aromatic carbocycles. The molecular formula is C35H39ClF2N6O3. The summed E-state index contributed by atoms with van der Waals surface area (Å²) in [5.41, 5.74) is -0.263. The van der Waals surface area contributed by atoms with Crippen molar-refractivity contribution in [3.8, 4) is 17.3 Å². The van der Waals surface area contributed by atoms with E-state index in [0.717, 1.165) is 38.8 Å². The van der Waals surface area contributed by atoms with Gasteiger partial charge in [-0.3, -0.25) is 9.88 Å². The van der Waals surface area contributed by atoms with Crippen molar-refractivity contribution in [2.45, 2.75) is 70.1 Å². The molecule has 3 saturated heterocycles. The zero-order valence-corrected chi connectivity index (χ0v) is 27.9. The van der Waals surface area contributed by atoms with Crippen LogP contribution >= 0.6 is 11.6 Å². The lowest BCUT2D eigenvalue weighted by molar-refractivity contribution is 0.0292. The van der Waals surface area contributed by atoms with Crippen molar-refractivity contribution in [1.82, 2.24) is 24.8 Å². The summed E-state index contributed by atoms with van der Waals surface area (Å²) in [6.07, 6.45) is 6.15. The van der Waals surface area contributed by atoms with Crippen molar-refractivity contribution < 1.29 is 23.0 Å². The third kappa shape index (κ3) is 5.82. The van der Waals surface area contributed by atoms with E-state index < -0.39 is 17.2 Å². The SMILES string of the molecule is CN(c1nc(OCC23CCCN2CCC3)nc2c(F)c(-c3cccc4ccc(F)c(Cl)c34)ncc12)C1CCN(C(=O)OC(C)(C)C)C1. The molecule has 7 rings (SSSR count). The Bertz CT molecular complexity index is 1860. The summed E-state index contributed by atoms with van der Waals surface area (Å²) in [4.78, 5) is 32.9. The number of halogens is 3. The molecule has 0 N–H and O–H groups in total. The Morgan fingerprint density at radius 2 is 1.87 bits per heavy atom. The van der Waals surface area contributed by atoms with Crippen LogP contribution in [0.3, 0.4) is 0 Å². The Morgan fingerprint density at radius 1 is 1.11 bits per heavy atom. The Kier molecular flexibility index (Phi) is 8.11. The number of amides is 1. The van der Waals surface area contributed by atoms with Crippen molar-refractivity contribution in [2.24, 2.45) is 0 Å². The van der Waals surface area contributed by atoms with Gasteiger partial charge in [-0.05, 0) is 77.4 Å². The second-order valence-corrected chi connectivity index (χ2v) is 14.3. The highest BCUT2D eigenvalue weighted by molar-refractivity contribution is 6.36. The molecule has 2 aromatic heterocycles. The number of carbonyl (C=O) groups is 1. The maximum absolute atomic E-state index is 16.8. The summed E-state index contributed by atoms with van der Waals surface area (Å²) >= 11 is 6.41. The number of hydrogen-bond donors (Lipinski definition) is 0. The standard InChI is InChI=1S/C35H39ClF2N6O3/c1-34(2,3)47-33(45)43-17-12-22(19-43)42(4)31-24-18-39-29(23-9-5-8-21-10-11-25(37)27(36)26(21)23)28(38)30(24)40-32(41-31)46-20-35-13-6-15-44(35)16-7-14-35/h5,8-11,18,22H,6-7,12-17,19-20H2,1-4H3. The van der Waals surface area contributed by atoms with E-state index >= 15 is 4.39 Å².